The highest BCUT2D eigenvalue weighted by Gasteiger charge is 2.35. The fraction of sp³-hybridized carbons (Fsp3) is 0.250. The highest BCUT2D eigenvalue weighted by molar-refractivity contribution is 6.29. The largest absolute Gasteiger partial charge is 0.403 e. The van der Waals surface area contributed by atoms with E-state index >= 15 is 0 Å². The van der Waals surface area contributed by atoms with Crippen molar-refractivity contribution in [2.45, 2.75) is 25.7 Å². The number of aromatic nitrogens is 2. The van der Waals surface area contributed by atoms with Crippen LogP contribution in [0.5, 0.6) is 0 Å². The summed E-state index contributed by atoms with van der Waals surface area (Å²) >= 11 is 5.76. The summed E-state index contributed by atoms with van der Waals surface area (Å²) in [5.41, 5.74) is 1.89. The molecule has 0 aliphatic rings. The van der Waals surface area contributed by atoms with Crippen LogP contribution in [0.25, 0.3) is 0 Å². The predicted molar refractivity (Wildman–Crippen MR) is 81.8 cm³/mol. The number of hydrogen-bond acceptors (Lipinski definition) is 3. The molecule has 23 heavy (non-hydrogen) atoms. The molecule has 7 heteroatoms. The first-order chi connectivity index (χ1) is 10.8. The third kappa shape index (κ3) is 5.55. The highest BCUT2D eigenvalue weighted by atomic mass is 35.5. The van der Waals surface area contributed by atoms with Gasteiger partial charge in [-0.05, 0) is 31.2 Å². The molecule has 120 valence electrons. The molecule has 0 saturated carbocycles. The second kappa shape index (κ2) is 7.44. The second-order valence-electron chi connectivity index (χ2n) is 4.80. The third-order valence-electron chi connectivity index (χ3n) is 2.98. The van der Waals surface area contributed by atoms with E-state index in [1.807, 2.05) is 0 Å². The summed E-state index contributed by atoms with van der Waals surface area (Å²) in [6.45, 7) is 1.11. The van der Waals surface area contributed by atoms with Crippen LogP contribution in [0.4, 0.5) is 13.2 Å². The third-order valence-corrected chi connectivity index (χ3v) is 3.19. The summed E-state index contributed by atoms with van der Waals surface area (Å²) in [6, 6.07) is 5.12. The van der Waals surface area contributed by atoms with Crippen LogP contribution in [0, 0.1) is 11.8 Å². The van der Waals surface area contributed by atoms with Gasteiger partial charge in [0.15, 0.2) is 0 Å². The van der Waals surface area contributed by atoms with Crippen molar-refractivity contribution in [1.29, 1.82) is 0 Å². The zero-order valence-electron chi connectivity index (χ0n) is 12.2. The predicted octanol–water partition coefficient (Wildman–Crippen LogP) is 3.57. The van der Waals surface area contributed by atoms with Crippen LogP contribution >= 0.6 is 11.6 Å². The zero-order valence-corrected chi connectivity index (χ0v) is 12.9. The summed E-state index contributed by atoms with van der Waals surface area (Å²) in [5, 5.41) is 2.73. The Bertz CT molecular complexity index is 718. The van der Waals surface area contributed by atoms with Crippen LogP contribution < -0.4 is 5.32 Å². The molecular formula is C16H13ClF3N3. The smallest absolute Gasteiger partial charge is 0.301 e. The van der Waals surface area contributed by atoms with Gasteiger partial charge in [0.2, 0.25) is 0 Å². The van der Waals surface area contributed by atoms with E-state index in [2.05, 4.69) is 27.1 Å². The van der Waals surface area contributed by atoms with E-state index in [0.717, 1.165) is 12.5 Å². The first kappa shape index (κ1) is 17.3. The van der Waals surface area contributed by atoms with Crippen molar-refractivity contribution >= 4 is 11.6 Å². The monoisotopic (exact) mass is 339 g/mol. The van der Waals surface area contributed by atoms with Crippen molar-refractivity contribution in [2.24, 2.45) is 0 Å². The van der Waals surface area contributed by atoms with E-state index in [1.54, 1.807) is 30.5 Å². The Kier molecular flexibility index (Phi) is 5.59. The molecule has 0 aliphatic carbocycles. The van der Waals surface area contributed by atoms with Gasteiger partial charge in [0, 0.05) is 30.1 Å². The molecule has 2 aromatic rings. The van der Waals surface area contributed by atoms with Gasteiger partial charge in [-0.2, -0.15) is 13.2 Å². The van der Waals surface area contributed by atoms with Gasteiger partial charge in [-0.15, -0.1) is 0 Å². The minimum Gasteiger partial charge on any atom is -0.301 e. The molecule has 0 radical (unpaired) electrons. The van der Waals surface area contributed by atoms with Gasteiger partial charge in [-0.3, -0.25) is 4.98 Å². The Morgan fingerprint density at radius 3 is 2.52 bits per heavy atom. The standard InChI is InChI=1S/C16H13ClF3N3/c1-11(16(18,19)20)22-10-14-5-4-13(9-23-14)3-2-12-6-7-21-15(17)8-12/h4-9,11,22H,10H2,1H3. The molecule has 3 nitrogen and oxygen atoms in total. The Morgan fingerprint density at radius 2 is 1.91 bits per heavy atom. The number of nitrogens with one attached hydrogen (secondary N) is 1. The van der Waals surface area contributed by atoms with Crippen LogP contribution in [0.1, 0.15) is 23.7 Å². The van der Waals surface area contributed by atoms with Gasteiger partial charge in [-0.1, -0.05) is 23.4 Å². The average Bonchev–Trinajstić information content (AvgIpc) is 2.51. The van der Waals surface area contributed by atoms with E-state index in [0.29, 0.717) is 16.4 Å². The van der Waals surface area contributed by atoms with Gasteiger partial charge >= 0.3 is 6.18 Å². The highest BCUT2D eigenvalue weighted by Crippen LogP contribution is 2.19. The lowest BCUT2D eigenvalue weighted by Gasteiger charge is -2.16. The molecule has 0 fully saturated rings. The molecule has 0 aliphatic heterocycles. The molecule has 0 spiro atoms. The number of hydrogen-bond donors (Lipinski definition) is 1. The van der Waals surface area contributed by atoms with Crippen molar-refractivity contribution in [3.63, 3.8) is 0 Å². The number of halogens is 4. The maximum Gasteiger partial charge on any atom is 0.403 e. The van der Waals surface area contributed by atoms with Gasteiger partial charge < -0.3 is 5.32 Å². The lowest BCUT2D eigenvalue weighted by molar-refractivity contribution is -0.151. The van der Waals surface area contributed by atoms with Crippen molar-refractivity contribution in [3.8, 4) is 11.8 Å². The Labute approximate surface area is 136 Å². The first-order valence-corrected chi connectivity index (χ1v) is 7.11. The molecule has 1 N–H and O–H groups in total. The summed E-state index contributed by atoms with van der Waals surface area (Å²) in [7, 11) is 0. The van der Waals surface area contributed by atoms with Crippen LogP contribution in [-0.2, 0) is 6.54 Å². The molecule has 2 aromatic heterocycles. The minimum atomic E-state index is -4.27. The maximum atomic E-state index is 12.4. The van der Waals surface area contributed by atoms with Crippen molar-refractivity contribution in [2.75, 3.05) is 0 Å². The van der Waals surface area contributed by atoms with Gasteiger partial charge in [0.05, 0.1) is 5.69 Å². The molecule has 1 atom stereocenters. The number of nitrogens with zero attached hydrogens (tertiary/aromatic N) is 2. The van der Waals surface area contributed by atoms with E-state index in [1.165, 1.54) is 6.20 Å². The van der Waals surface area contributed by atoms with Crippen molar-refractivity contribution < 1.29 is 13.2 Å². The molecule has 2 heterocycles. The van der Waals surface area contributed by atoms with Gasteiger partial charge in [-0.25, -0.2) is 4.98 Å². The van der Waals surface area contributed by atoms with Gasteiger partial charge in [0.1, 0.15) is 11.2 Å². The fourth-order valence-electron chi connectivity index (χ4n) is 1.60. The lowest BCUT2D eigenvalue weighted by atomic mass is 10.2. The van der Waals surface area contributed by atoms with E-state index in [-0.39, 0.29) is 6.54 Å². The zero-order chi connectivity index (χ0) is 16.9. The van der Waals surface area contributed by atoms with E-state index in [4.69, 9.17) is 11.6 Å². The molecule has 0 amide bonds. The number of pyridine rings is 2. The summed E-state index contributed by atoms with van der Waals surface area (Å²) < 4.78 is 37.2. The Hall–Kier alpha value is -2.10. The van der Waals surface area contributed by atoms with E-state index in [9.17, 15) is 13.2 Å². The molecule has 0 bridgehead atoms. The first-order valence-electron chi connectivity index (χ1n) is 6.73. The van der Waals surface area contributed by atoms with Crippen LogP contribution in [0.3, 0.4) is 0 Å². The quantitative estimate of drug-likeness (QED) is 0.686. The molecule has 0 saturated heterocycles. The van der Waals surface area contributed by atoms with Gasteiger partial charge in [0.25, 0.3) is 0 Å². The average molecular weight is 340 g/mol. The summed E-state index contributed by atoms with van der Waals surface area (Å²) in [5.74, 6) is 5.82. The maximum absolute atomic E-state index is 12.4. The number of rotatable bonds is 3. The normalized spacial score (nSPS) is 12.4. The molecule has 0 aromatic carbocycles. The van der Waals surface area contributed by atoms with E-state index < -0.39 is 12.2 Å². The summed E-state index contributed by atoms with van der Waals surface area (Å²) in [4.78, 5) is 7.95. The van der Waals surface area contributed by atoms with Crippen molar-refractivity contribution in [1.82, 2.24) is 15.3 Å². The molecular weight excluding hydrogens is 327 g/mol. The number of alkyl halides is 3. The van der Waals surface area contributed by atoms with Crippen molar-refractivity contribution in [3.05, 3.63) is 58.6 Å². The minimum absolute atomic E-state index is 0.0361. The fourth-order valence-corrected chi connectivity index (χ4v) is 1.77. The Balaban J connectivity index is 1.98. The van der Waals surface area contributed by atoms with Crippen LogP contribution in [0.2, 0.25) is 5.15 Å². The summed E-state index contributed by atoms with van der Waals surface area (Å²) in [6.07, 6.45) is -1.19. The topological polar surface area (TPSA) is 37.8 Å². The Morgan fingerprint density at radius 1 is 1.17 bits per heavy atom. The molecule has 1 unspecified atom stereocenters. The van der Waals surface area contributed by atoms with Crippen LogP contribution in [-0.4, -0.2) is 22.2 Å². The second-order valence-corrected chi connectivity index (χ2v) is 5.19. The van der Waals surface area contributed by atoms with Crippen LogP contribution in [0.15, 0.2) is 36.7 Å². The molecule has 2 rings (SSSR count). The lowest BCUT2D eigenvalue weighted by Crippen LogP contribution is -2.39. The SMILES string of the molecule is CC(NCc1ccc(C#Cc2ccnc(Cl)c2)cn1)C(F)(F)F.